The normalized spacial score (nSPS) is 17.0. The third kappa shape index (κ3) is 3.97. The van der Waals surface area contributed by atoms with Gasteiger partial charge >= 0.3 is 12.0 Å². The molecule has 0 bridgehead atoms. The number of para-hydroxylation sites is 1. The van der Waals surface area contributed by atoms with Crippen LogP contribution in [0, 0.1) is 0 Å². The van der Waals surface area contributed by atoms with Crippen molar-refractivity contribution in [1.29, 1.82) is 0 Å². The lowest BCUT2D eigenvalue weighted by atomic mass is 9.83. The van der Waals surface area contributed by atoms with E-state index in [0.717, 1.165) is 25.7 Å². The number of aromatic carboxylic acids is 1. The fraction of sp³-hybridized carbons (Fsp3) is 0.467. The Bertz CT molecular complexity index is 554. The van der Waals surface area contributed by atoms with Gasteiger partial charge in [-0.3, -0.25) is 0 Å². The highest BCUT2D eigenvalue weighted by Crippen LogP contribution is 2.29. The number of amides is 2. The molecule has 0 saturated heterocycles. The molecule has 1 aliphatic carbocycles. The van der Waals surface area contributed by atoms with Crippen molar-refractivity contribution in [3.8, 4) is 0 Å². The summed E-state index contributed by atoms with van der Waals surface area (Å²) in [5, 5.41) is 14.8. The lowest BCUT2D eigenvalue weighted by molar-refractivity contribution is 0.0698. The van der Waals surface area contributed by atoms with Gasteiger partial charge in [0.15, 0.2) is 0 Å². The number of hydrogen-bond donors (Lipinski definition) is 3. The average Bonchev–Trinajstić information content (AvgIpc) is 2.41. The fourth-order valence-corrected chi connectivity index (χ4v) is 3.17. The quantitative estimate of drug-likeness (QED) is 0.767. The average molecular weight is 355 g/mol. The topological polar surface area (TPSA) is 78.4 Å². The minimum Gasteiger partial charge on any atom is -0.478 e. The Morgan fingerprint density at radius 3 is 2.52 bits per heavy atom. The molecule has 1 fully saturated rings. The molecule has 2 amide bonds. The third-order valence-electron chi connectivity index (χ3n) is 3.85. The number of benzene rings is 1. The summed E-state index contributed by atoms with van der Waals surface area (Å²) in [6.07, 6.45) is 5.30. The van der Waals surface area contributed by atoms with E-state index in [-0.39, 0.29) is 22.8 Å². The first-order chi connectivity index (χ1) is 9.91. The second-order valence-corrected chi connectivity index (χ2v) is 6.52. The second kappa shape index (κ2) is 6.47. The van der Waals surface area contributed by atoms with Gasteiger partial charge in [-0.25, -0.2) is 9.59 Å². The largest absolute Gasteiger partial charge is 0.478 e. The molecule has 21 heavy (non-hydrogen) atoms. The molecule has 5 nitrogen and oxygen atoms in total. The smallest absolute Gasteiger partial charge is 0.337 e. The number of urea groups is 1. The summed E-state index contributed by atoms with van der Waals surface area (Å²) in [5.41, 5.74) is 0.128. The molecular formula is C15H19BrN2O3. The number of halogens is 1. The Balaban J connectivity index is 2.11. The van der Waals surface area contributed by atoms with Crippen LogP contribution in [0.3, 0.4) is 0 Å². The van der Waals surface area contributed by atoms with Gasteiger partial charge in [-0.15, -0.1) is 0 Å². The molecule has 2 rings (SSSR count). The van der Waals surface area contributed by atoms with Crippen LogP contribution < -0.4 is 10.6 Å². The van der Waals surface area contributed by atoms with Crippen LogP contribution in [-0.4, -0.2) is 22.6 Å². The van der Waals surface area contributed by atoms with Gasteiger partial charge in [0, 0.05) is 10.0 Å². The summed E-state index contributed by atoms with van der Waals surface area (Å²) in [6, 6.07) is 4.42. The van der Waals surface area contributed by atoms with Crippen LogP contribution in [0.15, 0.2) is 22.7 Å². The zero-order chi connectivity index (χ0) is 15.5. The Hall–Kier alpha value is -1.56. The molecule has 0 radical (unpaired) electrons. The highest BCUT2D eigenvalue weighted by molar-refractivity contribution is 9.10. The molecular weight excluding hydrogens is 336 g/mol. The van der Waals surface area contributed by atoms with Gasteiger partial charge in [-0.1, -0.05) is 25.3 Å². The summed E-state index contributed by atoms with van der Waals surface area (Å²) in [4.78, 5) is 23.4. The molecule has 1 aromatic carbocycles. The lowest BCUT2D eigenvalue weighted by Crippen LogP contribution is -2.49. The minimum absolute atomic E-state index is 0.0633. The summed E-state index contributed by atoms with van der Waals surface area (Å²) in [6.45, 7) is 2.03. The number of carbonyl (C=O) groups excluding carboxylic acids is 1. The van der Waals surface area contributed by atoms with Crippen LogP contribution in [-0.2, 0) is 0 Å². The van der Waals surface area contributed by atoms with Crippen LogP contribution in [0.25, 0.3) is 0 Å². The number of hydrogen-bond acceptors (Lipinski definition) is 2. The highest BCUT2D eigenvalue weighted by Gasteiger charge is 2.28. The SMILES string of the molecule is CC1(NC(=O)Nc2c(Br)cccc2C(=O)O)CCCCC1. The number of carbonyl (C=O) groups is 2. The maximum Gasteiger partial charge on any atom is 0.337 e. The summed E-state index contributed by atoms with van der Waals surface area (Å²) < 4.78 is 0.548. The van der Waals surface area contributed by atoms with Gasteiger partial charge < -0.3 is 15.7 Å². The molecule has 0 atom stereocenters. The molecule has 0 aliphatic heterocycles. The van der Waals surface area contributed by atoms with Crippen LogP contribution in [0.2, 0.25) is 0 Å². The van der Waals surface area contributed by atoms with Crippen molar-refractivity contribution in [1.82, 2.24) is 5.32 Å². The molecule has 0 unspecified atom stereocenters. The first-order valence-electron chi connectivity index (χ1n) is 7.02. The summed E-state index contributed by atoms with van der Waals surface area (Å²) >= 11 is 3.28. The van der Waals surface area contributed by atoms with Gasteiger partial charge in [0.05, 0.1) is 11.3 Å². The number of carboxylic acids is 1. The standard InChI is InChI=1S/C15H19BrN2O3/c1-15(8-3-2-4-9-15)18-14(21)17-12-10(13(19)20)6-5-7-11(12)16/h5-7H,2-4,8-9H2,1H3,(H,19,20)(H2,17,18,21). The van der Waals surface area contributed by atoms with E-state index in [9.17, 15) is 14.7 Å². The molecule has 3 N–H and O–H groups in total. The van der Waals surface area contributed by atoms with Crippen molar-refractivity contribution in [3.05, 3.63) is 28.2 Å². The summed E-state index contributed by atoms with van der Waals surface area (Å²) in [5.74, 6) is -1.07. The van der Waals surface area contributed by atoms with E-state index in [4.69, 9.17) is 0 Å². The van der Waals surface area contributed by atoms with Crippen LogP contribution >= 0.6 is 15.9 Å². The molecule has 6 heteroatoms. The first-order valence-corrected chi connectivity index (χ1v) is 7.81. The minimum atomic E-state index is -1.07. The zero-order valence-corrected chi connectivity index (χ0v) is 13.5. The van der Waals surface area contributed by atoms with Crippen molar-refractivity contribution in [3.63, 3.8) is 0 Å². The molecule has 0 spiro atoms. The maximum atomic E-state index is 12.2. The number of anilines is 1. The Labute approximate surface area is 132 Å². The first kappa shape index (κ1) is 15.8. The number of nitrogens with one attached hydrogen (secondary N) is 2. The van der Waals surface area contributed by atoms with E-state index < -0.39 is 5.97 Å². The number of carboxylic acid groups (broad SMARTS) is 1. The van der Waals surface area contributed by atoms with E-state index in [2.05, 4.69) is 26.6 Å². The monoisotopic (exact) mass is 354 g/mol. The molecule has 114 valence electrons. The van der Waals surface area contributed by atoms with Gasteiger partial charge in [0.2, 0.25) is 0 Å². The van der Waals surface area contributed by atoms with Gasteiger partial charge in [-0.2, -0.15) is 0 Å². The van der Waals surface area contributed by atoms with Crippen LogP contribution in [0.4, 0.5) is 10.5 Å². The Morgan fingerprint density at radius 1 is 1.24 bits per heavy atom. The predicted octanol–water partition coefficient (Wildman–Crippen LogP) is 3.99. The van der Waals surface area contributed by atoms with Gasteiger partial charge in [0.25, 0.3) is 0 Å². The van der Waals surface area contributed by atoms with E-state index in [1.807, 2.05) is 6.92 Å². The maximum absolute atomic E-state index is 12.2. The third-order valence-corrected chi connectivity index (χ3v) is 4.52. The van der Waals surface area contributed by atoms with E-state index >= 15 is 0 Å². The summed E-state index contributed by atoms with van der Waals surface area (Å²) in [7, 11) is 0. The van der Waals surface area contributed by atoms with Crippen LogP contribution in [0.5, 0.6) is 0 Å². The van der Waals surface area contributed by atoms with Gasteiger partial charge in [0.1, 0.15) is 0 Å². The highest BCUT2D eigenvalue weighted by atomic mass is 79.9. The number of rotatable bonds is 3. The molecule has 0 heterocycles. The van der Waals surface area contributed by atoms with Crippen molar-refractivity contribution >= 4 is 33.6 Å². The molecule has 1 saturated carbocycles. The molecule has 1 aliphatic rings. The molecule has 0 aromatic heterocycles. The van der Waals surface area contributed by atoms with E-state index in [1.165, 1.54) is 12.5 Å². The van der Waals surface area contributed by atoms with Crippen molar-refractivity contribution in [2.75, 3.05) is 5.32 Å². The van der Waals surface area contributed by atoms with Gasteiger partial charge in [-0.05, 0) is 47.8 Å². The fourth-order valence-electron chi connectivity index (χ4n) is 2.71. The Morgan fingerprint density at radius 2 is 1.90 bits per heavy atom. The van der Waals surface area contributed by atoms with E-state index in [0.29, 0.717) is 4.47 Å². The van der Waals surface area contributed by atoms with Crippen molar-refractivity contribution in [2.45, 2.75) is 44.6 Å². The van der Waals surface area contributed by atoms with Crippen LogP contribution in [0.1, 0.15) is 49.4 Å². The van der Waals surface area contributed by atoms with Crippen molar-refractivity contribution in [2.24, 2.45) is 0 Å². The lowest BCUT2D eigenvalue weighted by Gasteiger charge is -2.34. The predicted molar refractivity (Wildman–Crippen MR) is 84.7 cm³/mol. The van der Waals surface area contributed by atoms with E-state index in [1.54, 1.807) is 12.1 Å². The van der Waals surface area contributed by atoms with Crippen molar-refractivity contribution < 1.29 is 14.7 Å². The Kier molecular flexibility index (Phi) is 4.88. The zero-order valence-electron chi connectivity index (χ0n) is 11.9. The second-order valence-electron chi connectivity index (χ2n) is 5.67. The molecule has 1 aromatic rings.